The number of carbonyl (C=O) groups excluding carboxylic acids is 1. The first-order chi connectivity index (χ1) is 12.3. The topological polar surface area (TPSA) is 115 Å². The Morgan fingerprint density at radius 2 is 2.20 bits per heavy atom. The van der Waals surface area contributed by atoms with Gasteiger partial charge in [-0.3, -0.25) is 4.79 Å². The van der Waals surface area contributed by atoms with E-state index in [4.69, 9.17) is 4.52 Å². The van der Waals surface area contributed by atoms with Crippen molar-refractivity contribution in [1.82, 2.24) is 29.9 Å². The lowest BCUT2D eigenvalue weighted by molar-refractivity contribution is -0.120. The summed E-state index contributed by atoms with van der Waals surface area (Å²) in [6, 6.07) is 3.46. The molecule has 1 saturated heterocycles. The van der Waals surface area contributed by atoms with Gasteiger partial charge in [0.2, 0.25) is 5.91 Å². The van der Waals surface area contributed by atoms with Gasteiger partial charge in [0.1, 0.15) is 31.1 Å². The van der Waals surface area contributed by atoms with Crippen LogP contribution in [0.4, 0.5) is 11.6 Å². The van der Waals surface area contributed by atoms with Crippen molar-refractivity contribution < 1.29 is 9.32 Å². The van der Waals surface area contributed by atoms with E-state index in [1.165, 1.54) is 18.9 Å². The number of carbonyl (C=O) groups is 1. The van der Waals surface area contributed by atoms with Crippen molar-refractivity contribution in [2.75, 3.05) is 23.3 Å². The molecule has 0 radical (unpaired) electrons. The number of nitrogens with zero attached hydrogens (tertiary/aromatic N) is 7. The molecular formula is C15H16N8O2. The number of anilines is 2. The average Bonchev–Trinajstić information content (AvgIpc) is 3.36. The molecule has 1 unspecified atom stereocenters. The van der Waals surface area contributed by atoms with Gasteiger partial charge in [-0.1, -0.05) is 5.16 Å². The van der Waals surface area contributed by atoms with Gasteiger partial charge in [-0.25, -0.2) is 19.6 Å². The number of rotatable bonds is 4. The third-order valence-electron chi connectivity index (χ3n) is 4.10. The van der Waals surface area contributed by atoms with Crippen molar-refractivity contribution in [3.8, 4) is 5.82 Å². The molecule has 0 saturated carbocycles. The van der Waals surface area contributed by atoms with Gasteiger partial charge in [0.05, 0.1) is 5.92 Å². The molecule has 3 aromatic rings. The monoisotopic (exact) mass is 340 g/mol. The van der Waals surface area contributed by atoms with E-state index in [-0.39, 0.29) is 11.8 Å². The largest absolute Gasteiger partial charge is 0.363 e. The summed E-state index contributed by atoms with van der Waals surface area (Å²) in [4.78, 5) is 27.0. The van der Waals surface area contributed by atoms with Crippen LogP contribution in [0.5, 0.6) is 0 Å². The van der Waals surface area contributed by atoms with Crippen LogP contribution in [0, 0.1) is 5.92 Å². The van der Waals surface area contributed by atoms with Crippen molar-refractivity contribution in [3.05, 3.63) is 37.4 Å². The van der Waals surface area contributed by atoms with Crippen LogP contribution in [-0.2, 0) is 4.79 Å². The molecule has 1 aliphatic heterocycles. The van der Waals surface area contributed by atoms with E-state index in [0.29, 0.717) is 18.2 Å². The summed E-state index contributed by atoms with van der Waals surface area (Å²) >= 11 is 0. The Hall–Kier alpha value is -3.30. The van der Waals surface area contributed by atoms with E-state index in [1.807, 2.05) is 6.07 Å². The normalized spacial score (nSPS) is 17.4. The van der Waals surface area contributed by atoms with Gasteiger partial charge in [0.15, 0.2) is 11.6 Å². The molecule has 0 spiro atoms. The molecule has 1 atom stereocenters. The van der Waals surface area contributed by atoms with Crippen LogP contribution in [0.25, 0.3) is 5.82 Å². The Balaban J connectivity index is 1.48. The molecule has 0 bridgehead atoms. The van der Waals surface area contributed by atoms with Crippen LogP contribution >= 0.6 is 0 Å². The lowest BCUT2D eigenvalue weighted by Gasteiger charge is -2.32. The van der Waals surface area contributed by atoms with E-state index in [1.54, 1.807) is 17.1 Å². The highest BCUT2D eigenvalue weighted by atomic mass is 16.5. The smallest absolute Gasteiger partial charge is 0.230 e. The van der Waals surface area contributed by atoms with E-state index in [2.05, 4.69) is 35.4 Å². The minimum atomic E-state index is -0.143. The Morgan fingerprint density at radius 1 is 1.28 bits per heavy atom. The molecule has 4 heterocycles. The zero-order valence-electron chi connectivity index (χ0n) is 13.3. The van der Waals surface area contributed by atoms with Gasteiger partial charge in [0, 0.05) is 25.2 Å². The second kappa shape index (κ2) is 6.67. The van der Waals surface area contributed by atoms with Gasteiger partial charge in [-0.15, -0.1) is 0 Å². The fraction of sp³-hybridized carbons (Fsp3) is 0.333. The minimum Gasteiger partial charge on any atom is -0.363 e. The molecule has 1 fully saturated rings. The number of aromatic nitrogens is 6. The van der Waals surface area contributed by atoms with Crippen molar-refractivity contribution in [2.45, 2.75) is 12.8 Å². The van der Waals surface area contributed by atoms with E-state index >= 15 is 0 Å². The van der Waals surface area contributed by atoms with Crippen molar-refractivity contribution in [3.63, 3.8) is 0 Å². The highest BCUT2D eigenvalue weighted by molar-refractivity contribution is 5.92. The van der Waals surface area contributed by atoms with Gasteiger partial charge in [0.25, 0.3) is 0 Å². The SMILES string of the molecule is O=C(Nc1ccon1)C1CCCN(c2cc(-n3cncn3)ncn2)C1. The van der Waals surface area contributed by atoms with Crippen molar-refractivity contribution >= 4 is 17.5 Å². The predicted molar refractivity (Wildman–Crippen MR) is 87.0 cm³/mol. The molecule has 128 valence electrons. The number of hydrogen-bond acceptors (Lipinski definition) is 8. The van der Waals surface area contributed by atoms with E-state index in [0.717, 1.165) is 25.2 Å². The third kappa shape index (κ3) is 3.32. The first-order valence-corrected chi connectivity index (χ1v) is 7.93. The Bertz CT molecular complexity index is 833. The summed E-state index contributed by atoms with van der Waals surface area (Å²) in [6.45, 7) is 1.42. The minimum absolute atomic E-state index is 0.0656. The van der Waals surface area contributed by atoms with Crippen LogP contribution in [0.3, 0.4) is 0 Å². The molecule has 0 aliphatic carbocycles. The molecule has 10 nitrogen and oxygen atoms in total. The van der Waals surface area contributed by atoms with Crippen LogP contribution in [0.2, 0.25) is 0 Å². The zero-order valence-corrected chi connectivity index (χ0v) is 13.3. The second-order valence-corrected chi connectivity index (χ2v) is 5.73. The molecular weight excluding hydrogens is 324 g/mol. The molecule has 1 aliphatic rings. The van der Waals surface area contributed by atoms with Gasteiger partial charge >= 0.3 is 0 Å². The quantitative estimate of drug-likeness (QED) is 0.745. The molecule has 0 aromatic carbocycles. The molecule has 1 N–H and O–H groups in total. The Kier molecular flexibility index (Phi) is 4.07. The maximum atomic E-state index is 12.4. The third-order valence-corrected chi connectivity index (χ3v) is 4.10. The number of hydrogen-bond donors (Lipinski definition) is 1. The van der Waals surface area contributed by atoms with Gasteiger partial charge in [-0.2, -0.15) is 5.10 Å². The summed E-state index contributed by atoms with van der Waals surface area (Å²) in [5, 5.41) is 10.6. The molecule has 1 amide bonds. The average molecular weight is 340 g/mol. The van der Waals surface area contributed by atoms with Crippen molar-refractivity contribution in [1.29, 1.82) is 0 Å². The first kappa shape index (κ1) is 15.2. The summed E-state index contributed by atoms with van der Waals surface area (Å²) < 4.78 is 6.31. The van der Waals surface area contributed by atoms with Crippen LogP contribution in [-0.4, -0.2) is 48.9 Å². The van der Waals surface area contributed by atoms with Gasteiger partial charge in [-0.05, 0) is 12.8 Å². The van der Waals surface area contributed by atoms with Gasteiger partial charge < -0.3 is 14.7 Å². The fourth-order valence-corrected chi connectivity index (χ4v) is 2.87. The van der Waals surface area contributed by atoms with Crippen LogP contribution in [0.1, 0.15) is 12.8 Å². The number of piperidine rings is 1. The van der Waals surface area contributed by atoms with Crippen LogP contribution < -0.4 is 10.2 Å². The summed E-state index contributed by atoms with van der Waals surface area (Å²) in [5.41, 5.74) is 0. The number of nitrogens with one attached hydrogen (secondary N) is 1. The molecule has 10 heteroatoms. The number of amides is 1. The maximum Gasteiger partial charge on any atom is 0.230 e. The fourth-order valence-electron chi connectivity index (χ4n) is 2.87. The van der Waals surface area contributed by atoms with Crippen LogP contribution in [0.15, 0.2) is 41.9 Å². The molecule has 25 heavy (non-hydrogen) atoms. The maximum absolute atomic E-state index is 12.4. The lowest BCUT2D eigenvalue weighted by atomic mass is 9.97. The highest BCUT2D eigenvalue weighted by Gasteiger charge is 2.27. The Labute approximate surface area is 142 Å². The summed E-state index contributed by atoms with van der Waals surface area (Å²) in [5.74, 6) is 1.62. The standard InChI is InChI=1S/C15H16N8O2/c24-15(20-12-3-5-25-21-12)11-2-1-4-22(7-11)13-6-14(18-9-17-13)23-10-16-8-19-23/h3,5-6,8-11H,1-2,4,7H2,(H,20,21,24). The highest BCUT2D eigenvalue weighted by Crippen LogP contribution is 2.23. The lowest BCUT2D eigenvalue weighted by Crippen LogP contribution is -2.41. The van der Waals surface area contributed by atoms with E-state index < -0.39 is 0 Å². The first-order valence-electron chi connectivity index (χ1n) is 7.93. The second-order valence-electron chi connectivity index (χ2n) is 5.73. The van der Waals surface area contributed by atoms with E-state index in [9.17, 15) is 4.79 Å². The van der Waals surface area contributed by atoms with Crippen molar-refractivity contribution in [2.24, 2.45) is 5.92 Å². The summed E-state index contributed by atoms with van der Waals surface area (Å²) in [7, 11) is 0. The zero-order chi connectivity index (χ0) is 17.1. The predicted octanol–water partition coefficient (Wildman–Crippen LogP) is 0.900. The Morgan fingerprint density at radius 3 is 3.00 bits per heavy atom. The molecule has 3 aromatic heterocycles. The summed E-state index contributed by atoms with van der Waals surface area (Å²) in [6.07, 6.45) is 7.67. The molecule has 4 rings (SSSR count).